The minimum absolute atomic E-state index is 0.0253. The van der Waals surface area contributed by atoms with Crippen LogP contribution >= 0.6 is 23.2 Å². The minimum atomic E-state index is -0.593. The van der Waals surface area contributed by atoms with Crippen LogP contribution in [-0.4, -0.2) is 50.2 Å². The standard InChI is InChI=1S/C21H24Cl2N2O3/c1-15(28-18-8-9-19(22)20(23)14-18)21(26)25-11-3-10-24(12-13-25)16-4-6-17(27-2)7-5-16/h4-9,14-15H,3,10-13H2,1-2H3. The molecule has 1 aliphatic heterocycles. The first-order valence-electron chi connectivity index (χ1n) is 9.27. The zero-order valence-corrected chi connectivity index (χ0v) is 17.5. The predicted octanol–water partition coefficient (Wildman–Crippen LogP) is 4.51. The van der Waals surface area contributed by atoms with E-state index < -0.39 is 6.10 Å². The fourth-order valence-corrected chi connectivity index (χ4v) is 3.54. The van der Waals surface area contributed by atoms with Crippen LogP contribution in [0.2, 0.25) is 10.0 Å². The van der Waals surface area contributed by atoms with Gasteiger partial charge in [0.25, 0.3) is 5.91 Å². The molecule has 1 amide bonds. The molecule has 1 heterocycles. The fourth-order valence-electron chi connectivity index (χ4n) is 3.25. The Labute approximate surface area is 175 Å². The van der Waals surface area contributed by atoms with Crippen LogP contribution in [0.3, 0.4) is 0 Å². The number of halogens is 2. The second-order valence-corrected chi connectivity index (χ2v) is 7.51. The number of methoxy groups -OCH3 is 1. The van der Waals surface area contributed by atoms with Crippen molar-refractivity contribution in [2.24, 2.45) is 0 Å². The maximum Gasteiger partial charge on any atom is 0.263 e. The van der Waals surface area contributed by atoms with E-state index in [4.69, 9.17) is 32.7 Å². The zero-order chi connectivity index (χ0) is 20.1. The molecule has 2 aromatic rings. The van der Waals surface area contributed by atoms with Gasteiger partial charge in [0.1, 0.15) is 11.5 Å². The van der Waals surface area contributed by atoms with E-state index in [0.29, 0.717) is 28.9 Å². The Kier molecular flexibility index (Phi) is 6.92. The number of anilines is 1. The molecule has 5 nitrogen and oxygen atoms in total. The van der Waals surface area contributed by atoms with Crippen LogP contribution < -0.4 is 14.4 Å². The average Bonchev–Trinajstić information content (AvgIpc) is 2.96. The highest BCUT2D eigenvalue weighted by Gasteiger charge is 2.25. The van der Waals surface area contributed by atoms with Gasteiger partial charge in [-0.05, 0) is 49.7 Å². The molecule has 0 aromatic heterocycles. The van der Waals surface area contributed by atoms with Gasteiger partial charge in [0.2, 0.25) is 0 Å². The lowest BCUT2D eigenvalue weighted by Gasteiger charge is -2.26. The quantitative estimate of drug-likeness (QED) is 0.710. The van der Waals surface area contributed by atoms with Crippen molar-refractivity contribution in [2.45, 2.75) is 19.4 Å². The summed E-state index contributed by atoms with van der Waals surface area (Å²) in [4.78, 5) is 17.0. The summed E-state index contributed by atoms with van der Waals surface area (Å²) in [5, 5.41) is 0.864. The third-order valence-corrected chi connectivity index (χ3v) is 5.54. The number of ether oxygens (including phenoxy) is 2. The van der Waals surface area contributed by atoms with Crippen LogP contribution in [0, 0.1) is 0 Å². The van der Waals surface area contributed by atoms with Gasteiger partial charge in [-0.15, -0.1) is 0 Å². The van der Waals surface area contributed by atoms with Gasteiger partial charge in [-0.25, -0.2) is 0 Å². The van der Waals surface area contributed by atoms with Crippen molar-refractivity contribution >= 4 is 34.8 Å². The molecule has 150 valence electrons. The molecule has 28 heavy (non-hydrogen) atoms. The van der Waals surface area contributed by atoms with Crippen molar-refractivity contribution in [3.8, 4) is 11.5 Å². The SMILES string of the molecule is COc1ccc(N2CCCN(C(=O)C(C)Oc3ccc(Cl)c(Cl)c3)CC2)cc1. The van der Waals surface area contributed by atoms with E-state index in [1.807, 2.05) is 29.2 Å². The van der Waals surface area contributed by atoms with Crippen molar-refractivity contribution in [2.75, 3.05) is 38.2 Å². The lowest BCUT2D eigenvalue weighted by atomic mass is 10.2. The summed E-state index contributed by atoms with van der Waals surface area (Å²) in [7, 11) is 1.66. The topological polar surface area (TPSA) is 42.0 Å². The van der Waals surface area contributed by atoms with Crippen molar-refractivity contribution in [3.63, 3.8) is 0 Å². The van der Waals surface area contributed by atoms with Gasteiger partial charge in [-0.1, -0.05) is 23.2 Å². The molecule has 0 saturated carbocycles. The molecule has 1 unspecified atom stereocenters. The van der Waals surface area contributed by atoms with Crippen molar-refractivity contribution < 1.29 is 14.3 Å². The van der Waals surface area contributed by atoms with E-state index in [1.54, 1.807) is 32.2 Å². The van der Waals surface area contributed by atoms with Crippen LogP contribution in [0.15, 0.2) is 42.5 Å². The summed E-state index contributed by atoms with van der Waals surface area (Å²) in [6.07, 6.45) is 0.307. The predicted molar refractivity (Wildman–Crippen MR) is 113 cm³/mol. The van der Waals surface area contributed by atoms with E-state index in [1.165, 1.54) is 0 Å². The Morgan fingerprint density at radius 2 is 1.68 bits per heavy atom. The lowest BCUT2D eigenvalue weighted by molar-refractivity contribution is -0.137. The highest BCUT2D eigenvalue weighted by atomic mass is 35.5. The van der Waals surface area contributed by atoms with Gasteiger partial charge >= 0.3 is 0 Å². The summed E-state index contributed by atoms with van der Waals surface area (Å²) in [6.45, 7) is 4.80. The highest BCUT2D eigenvalue weighted by Crippen LogP contribution is 2.27. The molecule has 1 saturated heterocycles. The molecular formula is C21H24Cl2N2O3. The van der Waals surface area contributed by atoms with E-state index in [0.717, 1.165) is 30.9 Å². The summed E-state index contributed by atoms with van der Waals surface area (Å²) in [5.41, 5.74) is 1.13. The van der Waals surface area contributed by atoms with Gasteiger partial charge in [0.05, 0.1) is 17.2 Å². The smallest absolute Gasteiger partial charge is 0.263 e. The first kappa shape index (κ1) is 20.6. The maximum atomic E-state index is 12.8. The summed E-state index contributed by atoms with van der Waals surface area (Å²) < 4.78 is 11.0. The number of hydrogen-bond acceptors (Lipinski definition) is 4. The molecule has 1 fully saturated rings. The normalized spacial score (nSPS) is 15.7. The molecule has 3 rings (SSSR count). The van der Waals surface area contributed by atoms with Crippen LogP contribution in [0.4, 0.5) is 5.69 Å². The summed E-state index contributed by atoms with van der Waals surface area (Å²) in [6, 6.07) is 13.0. The first-order chi connectivity index (χ1) is 13.5. The average molecular weight is 423 g/mol. The van der Waals surface area contributed by atoms with Crippen LogP contribution in [0.5, 0.6) is 11.5 Å². The largest absolute Gasteiger partial charge is 0.497 e. The van der Waals surface area contributed by atoms with Gasteiger partial charge in [0.15, 0.2) is 6.10 Å². The molecule has 1 aliphatic rings. The Morgan fingerprint density at radius 1 is 0.964 bits per heavy atom. The van der Waals surface area contributed by atoms with Gasteiger partial charge < -0.3 is 19.3 Å². The minimum Gasteiger partial charge on any atom is -0.497 e. The third kappa shape index (κ3) is 5.03. The van der Waals surface area contributed by atoms with Gasteiger partial charge in [0, 0.05) is 37.9 Å². The van der Waals surface area contributed by atoms with Crippen molar-refractivity contribution in [1.82, 2.24) is 4.90 Å². The summed E-state index contributed by atoms with van der Waals surface area (Å²) >= 11 is 11.9. The molecular weight excluding hydrogens is 399 g/mol. The number of carbonyl (C=O) groups excluding carboxylic acids is 1. The maximum absolute atomic E-state index is 12.8. The highest BCUT2D eigenvalue weighted by molar-refractivity contribution is 6.42. The number of rotatable bonds is 5. The van der Waals surface area contributed by atoms with Crippen molar-refractivity contribution in [1.29, 1.82) is 0 Å². The molecule has 0 aliphatic carbocycles. The van der Waals surface area contributed by atoms with Gasteiger partial charge in [-0.2, -0.15) is 0 Å². The molecule has 7 heteroatoms. The van der Waals surface area contributed by atoms with Crippen molar-refractivity contribution in [3.05, 3.63) is 52.5 Å². The Hall–Kier alpha value is -2.11. The van der Waals surface area contributed by atoms with Crippen LogP contribution in [-0.2, 0) is 4.79 Å². The number of amides is 1. The Bertz CT molecular complexity index is 814. The fraction of sp³-hybridized carbons (Fsp3) is 0.381. The first-order valence-corrected chi connectivity index (χ1v) is 10.0. The van der Waals surface area contributed by atoms with E-state index in [2.05, 4.69) is 4.90 Å². The summed E-state index contributed by atoms with van der Waals surface area (Å²) in [5.74, 6) is 1.34. The monoisotopic (exact) mass is 422 g/mol. The molecule has 1 atom stereocenters. The Morgan fingerprint density at radius 3 is 2.36 bits per heavy atom. The lowest BCUT2D eigenvalue weighted by Crippen LogP contribution is -2.42. The number of nitrogens with zero attached hydrogens (tertiary/aromatic N) is 2. The van der Waals surface area contributed by atoms with Crippen LogP contribution in [0.1, 0.15) is 13.3 Å². The van der Waals surface area contributed by atoms with Gasteiger partial charge in [-0.3, -0.25) is 4.79 Å². The third-order valence-electron chi connectivity index (χ3n) is 4.80. The number of benzene rings is 2. The molecule has 0 bridgehead atoms. The molecule has 0 N–H and O–H groups in total. The number of carbonyl (C=O) groups is 1. The van der Waals surface area contributed by atoms with E-state index in [-0.39, 0.29) is 5.91 Å². The molecule has 0 spiro atoms. The molecule has 2 aromatic carbocycles. The van der Waals surface area contributed by atoms with E-state index in [9.17, 15) is 4.79 Å². The van der Waals surface area contributed by atoms with Crippen LogP contribution in [0.25, 0.3) is 0 Å². The molecule has 0 radical (unpaired) electrons. The Balaban J connectivity index is 1.59. The zero-order valence-electron chi connectivity index (χ0n) is 16.0. The van der Waals surface area contributed by atoms with E-state index >= 15 is 0 Å². The second-order valence-electron chi connectivity index (χ2n) is 6.70. The number of hydrogen-bond donors (Lipinski definition) is 0. The second kappa shape index (κ2) is 9.39.